The molecule has 0 atom stereocenters. The van der Waals surface area contributed by atoms with Crippen LogP contribution < -0.4 is 10.2 Å². The zero-order valence-electron chi connectivity index (χ0n) is 14.5. The normalized spacial score (nSPS) is 14.7. The van der Waals surface area contributed by atoms with Crippen molar-refractivity contribution in [3.05, 3.63) is 29.3 Å². The summed E-state index contributed by atoms with van der Waals surface area (Å²) < 4.78 is 0. The van der Waals surface area contributed by atoms with E-state index in [4.69, 9.17) is 0 Å². The zero-order valence-corrected chi connectivity index (χ0v) is 14.5. The topological polar surface area (TPSA) is 49.4 Å². The number of nitrogens with zero attached hydrogens (tertiary/aromatic N) is 1. The van der Waals surface area contributed by atoms with E-state index in [1.54, 1.807) is 11.8 Å². The number of hydrogen-bond donors (Lipinski definition) is 1. The molecule has 1 aromatic rings. The fraction of sp³-hybridized carbons (Fsp3) is 0.579. The maximum Gasteiger partial charge on any atom is 0.223 e. The molecule has 0 spiro atoms. The summed E-state index contributed by atoms with van der Waals surface area (Å²) in [4.78, 5) is 26.0. The number of rotatable bonds is 6. The first-order valence-corrected chi connectivity index (χ1v) is 8.69. The SMILES string of the molecule is CCc1cccc(C)c1N(CCC(=O)NC1CCCC1)C(C)=O. The van der Waals surface area contributed by atoms with Gasteiger partial charge in [-0.3, -0.25) is 9.59 Å². The molecule has 4 heteroatoms. The third kappa shape index (κ3) is 4.57. The molecule has 2 amide bonds. The van der Waals surface area contributed by atoms with Gasteiger partial charge in [-0.15, -0.1) is 0 Å². The van der Waals surface area contributed by atoms with Crippen molar-refractivity contribution >= 4 is 17.5 Å². The molecule has 0 bridgehead atoms. The Morgan fingerprint density at radius 1 is 1.26 bits per heavy atom. The van der Waals surface area contributed by atoms with E-state index in [1.807, 2.05) is 19.1 Å². The van der Waals surface area contributed by atoms with E-state index in [9.17, 15) is 9.59 Å². The summed E-state index contributed by atoms with van der Waals surface area (Å²) in [5.41, 5.74) is 3.20. The van der Waals surface area contributed by atoms with E-state index < -0.39 is 0 Å². The summed E-state index contributed by atoms with van der Waals surface area (Å²) in [5.74, 6) is 0.0393. The molecule has 1 saturated carbocycles. The minimum atomic E-state index is -0.0114. The van der Waals surface area contributed by atoms with E-state index >= 15 is 0 Å². The highest BCUT2D eigenvalue weighted by molar-refractivity contribution is 5.94. The van der Waals surface area contributed by atoms with Crippen LogP contribution in [0.4, 0.5) is 5.69 Å². The summed E-state index contributed by atoms with van der Waals surface area (Å²) in [7, 11) is 0. The van der Waals surface area contributed by atoms with E-state index in [0.29, 0.717) is 19.0 Å². The van der Waals surface area contributed by atoms with Crippen molar-refractivity contribution in [2.75, 3.05) is 11.4 Å². The monoisotopic (exact) mass is 316 g/mol. The number of carbonyl (C=O) groups excluding carboxylic acids is 2. The molecule has 1 N–H and O–H groups in total. The lowest BCUT2D eigenvalue weighted by Crippen LogP contribution is -2.37. The number of carbonyl (C=O) groups is 2. The van der Waals surface area contributed by atoms with E-state index in [2.05, 4.69) is 18.3 Å². The standard InChI is InChI=1S/C19H28N2O2/c1-4-16-9-7-8-14(2)19(16)21(15(3)22)13-12-18(23)20-17-10-5-6-11-17/h7-9,17H,4-6,10-13H2,1-3H3,(H,20,23). The van der Waals surface area contributed by atoms with Gasteiger partial charge in [-0.05, 0) is 37.3 Å². The molecular formula is C19H28N2O2. The minimum Gasteiger partial charge on any atom is -0.353 e. The van der Waals surface area contributed by atoms with Crippen LogP contribution in [0.5, 0.6) is 0 Å². The third-order valence-electron chi connectivity index (χ3n) is 4.64. The first-order chi connectivity index (χ1) is 11.0. The number of nitrogens with one attached hydrogen (secondary N) is 1. The molecule has 0 aliphatic heterocycles. The van der Waals surface area contributed by atoms with Crippen LogP contribution >= 0.6 is 0 Å². The fourth-order valence-electron chi connectivity index (χ4n) is 3.40. The second kappa shape index (κ2) is 8.14. The second-order valence-electron chi connectivity index (χ2n) is 6.41. The first-order valence-electron chi connectivity index (χ1n) is 8.69. The molecule has 0 unspecified atom stereocenters. The van der Waals surface area contributed by atoms with Crippen LogP contribution in [0.1, 0.15) is 57.1 Å². The van der Waals surface area contributed by atoms with Crippen LogP contribution in [0.2, 0.25) is 0 Å². The van der Waals surface area contributed by atoms with E-state index in [1.165, 1.54) is 12.8 Å². The number of benzene rings is 1. The van der Waals surface area contributed by atoms with Crippen LogP contribution in [0, 0.1) is 6.92 Å². The van der Waals surface area contributed by atoms with Gasteiger partial charge in [0.05, 0.1) is 0 Å². The minimum absolute atomic E-state index is 0.0114. The third-order valence-corrected chi connectivity index (χ3v) is 4.64. The number of hydrogen-bond acceptors (Lipinski definition) is 2. The van der Waals surface area contributed by atoms with Crippen LogP contribution in [0.15, 0.2) is 18.2 Å². The van der Waals surface area contributed by atoms with E-state index in [0.717, 1.165) is 36.1 Å². The van der Waals surface area contributed by atoms with Gasteiger partial charge in [0.15, 0.2) is 0 Å². The Bertz CT molecular complexity index is 562. The maximum atomic E-state index is 12.1. The number of para-hydroxylation sites is 1. The zero-order chi connectivity index (χ0) is 16.8. The van der Waals surface area contributed by atoms with Crippen LogP contribution in [0.3, 0.4) is 0 Å². The highest BCUT2D eigenvalue weighted by Gasteiger charge is 2.20. The number of aryl methyl sites for hydroxylation is 2. The van der Waals surface area contributed by atoms with Gasteiger partial charge in [0.25, 0.3) is 0 Å². The molecule has 0 heterocycles. The van der Waals surface area contributed by atoms with Gasteiger partial charge in [-0.25, -0.2) is 0 Å². The lowest BCUT2D eigenvalue weighted by Gasteiger charge is -2.26. The Morgan fingerprint density at radius 3 is 2.57 bits per heavy atom. The largest absolute Gasteiger partial charge is 0.353 e. The van der Waals surface area contributed by atoms with Crippen LogP contribution in [-0.4, -0.2) is 24.4 Å². The van der Waals surface area contributed by atoms with Crippen molar-refractivity contribution in [1.29, 1.82) is 0 Å². The van der Waals surface area contributed by atoms with Gasteiger partial charge in [-0.2, -0.15) is 0 Å². The summed E-state index contributed by atoms with van der Waals surface area (Å²) in [5, 5.41) is 3.09. The van der Waals surface area contributed by atoms with Crippen molar-refractivity contribution < 1.29 is 9.59 Å². The summed E-state index contributed by atoms with van der Waals surface area (Å²) in [6, 6.07) is 6.42. The van der Waals surface area contributed by atoms with Crippen molar-refractivity contribution in [2.24, 2.45) is 0 Å². The van der Waals surface area contributed by atoms with E-state index in [-0.39, 0.29) is 11.8 Å². The molecule has 1 aromatic carbocycles. The number of amides is 2. The Hall–Kier alpha value is -1.84. The number of anilines is 1. The molecule has 23 heavy (non-hydrogen) atoms. The van der Waals surface area contributed by atoms with Gasteiger partial charge in [0, 0.05) is 31.6 Å². The van der Waals surface area contributed by atoms with Gasteiger partial charge in [-0.1, -0.05) is 38.0 Å². The van der Waals surface area contributed by atoms with Gasteiger partial charge < -0.3 is 10.2 Å². The molecular weight excluding hydrogens is 288 g/mol. The molecule has 1 aliphatic carbocycles. The first kappa shape index (κ1) is 17.5. The lowest BCUT2D eigenvalue weighted by atomic mass is 10.0. The van der Waals surface area contributed by atoms with Crippen LogP contribution in [0.25, 0.3) is 0 Å². The quantitative estimate of drug-likeness (QED) is 0.875. The Morgan fingerprint density at radius 2 is 1.96 bits per heavy atom. The molecule has 2 rings (SSSR count). The summed E-state index contributed by atoms with van der Waals surface area (Å²) >= 11 is 0. The molecule has 0 aromatic heterocycles. The Labute approximate surface area is 139 Å². The second-order valence-corrected chi connectivity index (χ2v) is 6.41. The maximum absolute atomic E-state index is 12.1. The Balaban J connectivity index is 2.04. The van der Waals surface area contributed by atoms with Gasteiger partial charge in [0.1, 0.15) is 0 Å². The molecule has 0 radical (unpaired) electrons. The van der Waals surface area contributed by atoms with Gasteiger partial charge in [0.2, 0.25) is 11.8 Å². The van der Waals surface area contributed by atoms with Gasteiger partial charge >= 0.3 is 0 Å². The van der Waals surface area contributed by atoms with Crippen molar-refractivity contribution in [1.82, 2.24) is 5.32 Å². The highest BCUT2D eigenvalue weighted by atomic mass is 16.2. The summed E-state index contributed by atoms with van der Waals surface area (Å²) in [6.45, 7) is 6.11. The molecule has 1 aliphatic rings. The average Bonchev–Trinajstić information content (AvgIpc) is 3.01. The molecule has 126 valence electrons. The smallest absolute Gasteiger partial charge is 0.223 e. The van der Waals surface area contributed by atoms with Crippen molar-refractivity contribution in [3.63, 3.8) is 0 Å². The lowest BCUT2D eigenvalue weighted by molar-refractivity contribution is -0.121. The predicted octanol–water partition coefficient (Wildman–Crippen LogP) is 3.36. The fourth-order valence-corrected chi connectivity index (χ4v) is 3.40. The summed E-state index contributed by atoms with van der Waals surface area (Å²) in [6.07, 6.45) is 5.80. The van der Waals surface area contributed by atoms with Crippen molar-refractivity contribution in [2.45, 2.75) is 65.3 Å². The molecule has 0 saturated heterocycles. The highest BCUT2D eigenvalue weighted by Crippen LogP contribution is 2.26. The predicted molar refractivity (Wildman–Crippen MR) is 93.6 cm³/mol. The molecule has 1 fully saturated rings. The van der Waals surface area contributed by atoms with Crippen molar-refractivity contribution in [3.8, 4) is 0 Å². The Kier molecular flexibility index (Phi) is 6.20. The average molecular weight is 316 g/mol. The van der Waals surface area contributed by atoms with Crippen LogP contribution in [-0.2, 0) is 16.0 Å². The molecule has 4 nitrogen and oxygen atoms in total.